The summed E-state index contributed by atoms with van der Waals surface area (Å²) in [5, 5.41) is 18.1. The van der Waals surface area contributed by atoms with Gasteiger partial charge in [-0.3, -0.25) is 4.79 Å². The number of aromatic nitrogens is 5. The van der Waals surface area contributed by atoms with Gasteiger partial charge in [0.1, 0.15) is 11.9 Å². The van der Waals surface area contributed by atoms with Gasteiger partial charge in [-0.15, -0.1) is 0 Å². The van der Waals surface area contributed by atoms with Crippen molar-refractivity contribution in [2.45, 2.75) is 46.1 Å². The summed E-state index contributed by atoms with van der Waals surface area (Å²) in [5.41, 5.74) is 4.53. The molecule has 9 nitrogen and oxygen atoms in total. The summed E-state index contributed by atoms with van der Waals surface area (Å²) in [7, 11) is 0. The maximum atomic E-state index is 12.8. The Bertz CT molecular complexity index is 1470. The fourth-order valence-electron chi connectivity index (χ4n) is 4.66. The van der Waals surface area contributed by atoms with E-state index in [2.05, 4.69) is 38.3 Å². The number of aromatic amines is 1. The van der Waals surface area contributed by atoms with E-state index in [4.69, 9.17) is 4.98 Å². The zero-order valence-electron chi connectivity index (χ0n) is 20.9. The smallest absolute Gasteiger partial charge is 0.258 e. The lowest BCUT2D eigenvalue weighted by Gasteiger charge is -2.32. The van der Waals surface area contributed by atoms with Gasteiger partial charge >= 0.3 is 0 Å². The van der Waals surface area contributed by atoms with Crippen LogP contribution in [0.25, 0.3) is 16.7 Å². The molecule has 1 aromatic carbocycles. The molecule has 36 heavy (non-hydrogen) atoms. The lowest BCUT2D eigenvalue weighted by Crippen LogP contribution is -2.39. The number of nitrogens with one attached hydrogen (secondary N) is 2. The second kappa shape index (κ2) is 9.91. The Morgan fingerprint density at radius 1 is 1.22 bits per heavy atom. The number of aryl methyl sites for hydroxylation is 2. The predicted octanol–water partition coefficient (Wildman–Crippen LogP) is 3.48. The van der Waals surface area contributed by atoms with Gasteiger partial charge in [-0.1, -0.05) is 13.0 Å². The Morgan fingerprint density at radius 3 is 2.67 bits per heavy atom. The van der Waals surface area contributed by atoms with Crippen molar-refractivity contribution in [1.82, 2.24) is 29.6 Å². The number of anilines is 1. The summed E-state index contributed by atoms with van der Waals surface area (Å²) in [6, 6.07) is 9.88. The maximum absolute atomic E-state index is 12.8. The lowest BCUT2D eigenvalue weighted by atomic mass is 10.0. The van der Waals surface area contributed by atoms with E-state index >= 15 is 0 Å². The molecule has 3 aromatic heterocycles. The van der Waals surface area contributed by atoms with Gasteiger partial charge < -0.3 is 15.2 Å². The normalized spacial score (nSPS) is 14.7. The molecule has 5 rings (SSSR count). The van der Waals surface area contributed by atoms with E-state index in [1.54, 1.807) is 16.9 Å². The molecule has 0 unspecified atom stereocenters. The molecule has 0 spiro atoms. The predicted molar refractivity (Wildman–Crippen MR) is 139 cm³/mol. The molecule has 184 valence electrons. The second-order valence-electron chi connectivity index (χ2n) is 9.44. The quantitative estimate of drug-likeness (QED) is 0.432. The third-order valence-corrected chi connectivity index (χ3v) is 6.97. The molecule has 0 radical (unpaired) electrons. The number of hydrogen-bond acceptors (Lipinski definition) is 7. The molecule has 4 heterocycles. The average molecular weight is 483 g/mol. The number of pyridine rings is 1. The number of hydrogen-bond donors (Lipinski definition) is 2. The van der Waals surface area contributed by atoms with Crippen LogP contribution in [0.1, 0.15) is 48.0 Å². The van der Waals surface area contributed by atoms with Gasteiger partial charge in [-0.05, 0) is 62.6 Å². The van der Waals surface area contributed by atoms with Gasteiger partial charge in [-0.2, -0.15) is 10.4 Å². The Kier molecular flexibility index (Phi) is 6.53. The summed E-state index contributed by atoms with van der Waals surface area (Å²) < 4.78 is 1.76. The molecule has 4 aromatic rings. The first kappa shape index (κ1) is 23.7. The number of rotatable bonds is 6. The summed E-state index contributed by atoms with van der Waals surface area (Å²) in [5.74, 6) is 1.29. The molecule has 1 fully saturated rings. The highest BCUT2D eigenvalue weighted by Gasteiger charge is 2.19. The van der Waals surface area contributed by atoms with Crippen LogP contribution in [0.4, 0.5) is 5.69 Å². The van der Waals surface area contributed by atoms with Crippen LogP contribution in [-0.2, 0) is 6.42 Å². The molecule has 1 aliphatic rings. The van der Waals surface area contributed by atoms with E-state index < -0.39 is 0 Å². The van der Waals surface area contributed by atoms with Crippen molar-refractivity contribution < 1.29 is 0 Å². The van der Waals surface area contributed by atoms with Gasteiger partial charge in [0.2, 0.25) is 0 Å². The molecule has 0 bridgehead atoms. The van der Waals surface area contributed by atoms with Crippen molar-refractivity contribution in [1.29, 1.82) is 5.26 Å². The molecule has 2 N–H and O–H groups in total. The van der Waals surface area contributed by atoms with E-state index in [1.807, 2.05) is 38.2 Å². The van der Waals surface area contributed by atoms with E-state index in [0.717, 1.165) is 60.8 Å². The highest BCUT2D eigenvalue weighted by Crippen LogP contribution is 2.24. The first-order valence-corrected chi connectivity index (χ1v) is 12.4. The van der Waals surface area contributed by atoms with E-state index in [1.165, 1.54) is 0 Å². The number of piperidine rings is 1. The largest absolute Gasteiger partial charge is 0.381 e. The summed E-state index contributed by atoms with van der Waals surface area (Å²) in [6.07, 6.45) is 6.21. The standard InChI is InChI=1S/C27H30N8O/c1-4-34-9-7-21(8-10-34)30-23-13-24-22(12-20(23)14-28)27(36)32-25(31-24)11-19-5-6-26(29-15-19)35-16-17(2)18(3)33-35/h5-6,12-13,15-16,21,30H,4,7-11H2,1-3H3,(H,31,32,36). The van der Waals surface area contributed by atoms with Crippen molar-refractivity contribution in [3.05, 3.63) is 75.2 Å². The summed E-state index contributed by atoms with van der Waals surface area (Å²) in [4.78, 5) is 27.4. The van der Waals surface area contributed by atoms with Gasteiger partial charge in [0, 0.05) is 37.9 Å². The van der Waals surface area contributed by atoms with Crippen LogP contribution in [0.5, 0.6) is 0 Å². The number of benzene rings is 1. The average Bonchev–Trinajstić information content (AvgIpc) is 3.22. The van der Waals surface area contributed by atoms with Gasteiger partial charge in [-0.25, -0.2) is 14.6 Å². The van der Waals surface area contributed by atoms with Crippen molar-refractivity contribution in [2.24, 2.45) is 0 Å². The van der Waals surface area contributed by atoms with Crippen LogP contribution in [0.2, 0.25) is 0 Å². The number of H-pyrrole nitrogens is 1. The van der Waals surface area contributed by atoms with Crippen molar-refractivity contribution in [3.63, 3.8) is 0 Å². The summed E-state index contributed by atoms with van der Waals surface area (Å²) in [6.45, 7) is 9.30. The van der Waals surface area contributed by atoms with Crippen LogP contribution >= 0.6 is 0 Å². The SMILES string of the molecule is CCN1CCC(Nc2cc3nc(Cc4ccc(-n5cc(C)c(C)n5)nc4)[nH]c(=O)c3cc2C#N)CC1. The fraction of sp³-hybridized carbons (Fsp3) is 0.370. The number of fused-ring (bicyclic) bond motifs is 1. The maximum Gasteiger partial charge on any atom is 0.258 e. The summed E-state index contributed by atoms with van der Waals surface area (Å²) >= 11 is 0. The number of nitriles is 1. The topological polar surface area (TPSA) is 116 Å². The zero-order valence-corrected chi connectivity index (χ0v) is 20.9. The molecule has 9 heteroatoms. The van der Waals surface area contributed by atoms with Crippen molar-refractivity contribution in [2.75, 3.05) is 25.0 Å². The fourth-order valence-corrected chi connectivity index (χ4v) is 4.66. The highest BCUT2D eigenvalue weighted by molar-refractivity contribution is 5.85. The van der Waals surface area contributed by atoms with Crippen LogP contribution in [-0.4, -0.2) is 55.3 Å². The van der Waals surface area contributed by atoms with Crippen LogP contribution in [0, 0.1) is 25.2 Å². The van der Waals surface area contributed by atoms with E-state index in [0.29, 0.717) is 34.8 Å². The molecular weight excluding hydrogens is 452 g/mol. The molecular formula is C27H30N8O. The molecule has 0 atom stereocenters. The van der Waals surface area contributed by atoms with Gasteiger partial charge in [0.25, 0.3) is 5.56 Å². The van der Waals surface area contributed by atoms with Crippen molar-refractivity contribution in [3.8, 4) is 11.9 Å². The minimum absolute atomic E-state index is 0.249. The third kappa shape index (κ3) is 4.86. The van der Waals surface area contributed by atoms with Gasteiger partial charge in [0.15, 0.2) is 5.82 Å². The Labute approximate surface area is 209 Å². The monoisotopic (exact) mass is 482 g/mol. The van der Waals surface area contributed by atoms with Crippen LogP contribution in [0.15, 0.2) is 41.5 Å². The van der Waals surface area contributed by atoms with E-state index in [-0.39, 0.29) is 5.56 Å². The number of likely N-dealkylation sites (tertiary alicyclic amines) is 1. The molecule has 0 amide bonds. The minimum atomic E-state index is -0.249. The van der Waals surface area contributed by atoms with Gasteiger partial charge in [0.05, 0.1) is 27.8 Å². The molecule has 0 saturated carbocycles. The third-order valence-electron chi connectivity index (χ3n) is 6.97. The molecule has 0 aliphatic carbocycles. The molecule has 1 saturated heterocycles. The second-order valence-corrected chi connectivity index (χ2v) is 9.44. The zero-order chi connectivity index (χ0) is 25.2. The highest BCUT2D eigenvalue weighted by atomic mass is 16.1. The number of nitrogens with zero attached hydrogens (tertiary/aromatic N) is 6. The molecule has 1 aliphatic heterocycles. The van der Waals surface area contributed by atoms with Crippen LogP contribution in [0.3, 0.4) is 0 Å². The Morgan fingerprint density at radius 2 is 2.03 bits per heavy atom. The Balaban J connectivity index is 1.38. The Hall–Kier alpha value is -4.03. The van der Waals surface area contributed by atoms with Crippen molar-refractivity contribution >= 4 is 16.6 Å². The minimum Gasteiger partial charge on any atom is -0.381 e. The first-order valence-electron chi connectivity index (χ1n) is 12.4. The first-order chi connectivity index (χ1) is 17.4. The van der Waals surface area contributed by atoms with E-state index in [9.17, 15) is 10.1 Å². The lowest BCUT2D eigenvalue weighted by molar-refractivity contribution is 0.229. The van der Waals surface area contributed by atoms with Crippen LogP contribution < -0.4 is 10.9 Å².